The van der Waals surface area contributed by atoms with E-state index in [0.717, 1.165) is 40.9 Å². The van der Waals surface area contributed by atoms with E-state index >= 15 is 0 Å². The maximum Gasteiger partial charge on any atom is 0.407 e. The number of nitrogens with zero attached hydrogens (tertiary/aromatic N) is 15. The van der Waals surface area contributed by atoms with Gasteiger partial charge in [0.2, 0.25) is 29.5 Å². The number of carbonyl (C=O) groups is 9. The highest BCUT2D eigenvalue weighted by molar-refractivity contribution is 6.39. The number of piperazine rings is 2. The SMILES string of the molecule is CO[C@H]1C[C@@H]2CC[C@@H](C)[C@@](O)(O2)C(=O)C(=O)N2CCCC[C@H]2C(=O)O[C@H]([C@H](C)CC2CC[C@@H](OC(=O)NCc3cnc(N4CCN(C(=O)CCOCCN5CCN(c6ncc(C(=O)NCCOCCC(=O)N7CCc8cc(Cn9nc(-c%10ccc%11oc(N)nc%11c%10)c%10c(N)ncnc%109)ccc8C7)cn6)CC5)CC4)nc3)[C@H](OC)C2)CC(=O)[C@H](C)/C=C(\C)[C@@H](O)[C@@H](OC)C(=O)C(C)C[C@H](C)/C=C/C=C/C=C/1C. The number of allylic oxidation sites excluding steroid dienone is 6. The second kappa shape index (κ2) is 49.2. The molecular formula is C102H137N19O20. The fourth-order valence-corrected chi connectivity index (χ4v) is 20.0. The summed E-state index contributed by atoms with van der Waals surface area (Å²) in [5, 5.41) is 35.1. The maximum atomic E-state index is 14.8. The van der Waals surface area contributed by atoms with E-state index < -0.39 is 102 Å². The number of oxazole rings is 1. The number of cyclic esters (lactones) is 1. The van der Waals surface area contributed by atoms with Crippen molar-refractivity contribution < 1.29 is 95.7 Å². The number of anilines is 4. The van der Waals surface area contributed by atoms with Crippen molar-refractivity contribution in [2.75, 3.05) is 148 Å². The molecule has 39 heteroatoms. The first-order valence-electron chi connectivity index (χ1n) is 49.4. The zero-order chi connectivity index (χ0) is 100. The van der Waals surface area contributed by atoms with Crippen LogP contribution >= 0.6 is 0 Å². The van der Waals surface area contributed by atoms with Gasteiger partial charge in [0.15, 0.2) is 17.0 Å². The lowest BCUT2D eigenvalue weighted by Crippen LogP contribution is -2.61. The van der Waals surface area contributed by atoms with Crippen molar-refractivity contribution in [3.8, 4) is 11.3 Å². The number of Topliss-reactive ketones (excluding diaryl/α,β-unsaturated/α-hetero) is 3. The normalized spacial score (nSPS) is 26.9. The Balaban J connectivity index is 0.468. The third kappa shape index (κ3) is 26.9. The van der Waals surface area contributed by atoms with Gasteiger partial charge < -0.3 is 99.1 Å². The van der Waals surface area contributed by atoms with Crippen LogP contribution in [0.5, 0.6) is 0 Å². The number of nitrogens with two attached hydrogens (primary N) is 2. The van der Waals surface area contributed by atoms with Gasteiger partial charge in [0.25, 0.3) is 23.6 Å². The molecule has 7 aromatic rings. The van der Waals surface area contributed by atoms with Gasteiger partial charge in [-0.05, 0) is 148 Å². The smallest absolute Gasteiger partial charge is 0.407 e. The van der Waals surface area contributed by atoms with Crippen LogP contribution in [-0.4, -0.2) is 308 Å². The van der Waals surface area contributed by atoms with E-state index in [4.69, 9.17) is 58.9 Å². The van der Waals surface area contributed by atoms with Gasteiger partial charge in [-0.1, -0.05) is 89.3 Å². The molecule has 39 nitrogen and oxygen atoms in total. The molecule has 6 aliphatic heterocycles. The number of alkyl carbamates (subject to hydrolysis) is 1. The van der Waals surface area contributed by atoms with E-state index in [1.807, 2.05) is 88.7 Å². The quantitative estimate of drug-likeness (QED) is 0.0122. The Labute approximate surface area is 821 Å². The summed E-state index contributed by atoms with van der Waals surface area (Å²) in [6.45, 7) is 21.2. The van der Waals surface area contributed by atoms with Gasteiger partial charge >= 0.3 is 12.1 Å². The number of hydrogen-bond acceptors (Lipinski definition) is 33. The number of methoxy groups -OCH3 is 3. The second-order valence-electron chi connectivity index (χ2n) is 38.5. The number of hydrogen-bond donors (Lipinski definition) is 6. The van der Waals surface area contributed by atoms with Crippen LogP contribution in [0.3, 0.4) is 0 Å². The van der Waals surface area contributed by atoms with Crippen LogP contribution in [0.25, 0.3) is 33.4 Å². The van der Waals surface area contributed by atoms with Crippen molar-refractivity contribution in [2.45, 2.75) is 219 Å². The average Bonchev–Trinajstić information content (AvgIpc) is 1.69. The van der Waals surface area contributed by atoms with Crippen molar-refractivity contribution in [1.29, 1.82) is 0 Å². The third-order valence-corrected chi connectivity index (χ3v) is 28.5. The summed E-state index contributed by atoms with van der Waals surface area (Å²) >= 11 is 0. The van der Waals surface area contributed by atoms with E-state index in [1.165, 1.54) is 30.7 Å². The molecule has 5 fully saturated rings. The molecule has 0 spiro atoms. The maximum absolute atomic E-state index is 14.8. The highest BCUT2D eigenvalue weighted by atomic mass is 16.6. The van der Waals surface area contributed by atoms with Gasteiger partial charge in [-0.15, -0.1) is 0 Å². The molecular weight excluding hydrogens is 1810 g/mol. The molecule has 5 amide bonds. The molecule has 11 heterocycles. The topological polar surface area (TPSA) is 485 Å². The van der Waals surface area contributed by atoms with Crippen LogP contribution in [-0.2, 0) is 97.5 Å². The summed E-state index contributed by atoms with van der Waals surface area (Å²) in [6, 6.07) is 10.6. The molecule has 8 N–H and O–H groups in total. The number of aliphatic hydroxyl groups excluding tert-OH is 1. The summed E-state index contributed by atoms with van der Waals surface area (Å²) in [7, 11) is 4.48. The number of amides is 5. The highest BCUT2D eigenvalue weighted by Gasteiger charge is 2.54. The molecule has 2 aromatic carbocycles. The lowest BCUT2D eigenvalue weighted by atomic mass is 9.78. The molecule has 0 radical (unpaired) electrons. The Bertz CT molecular complexity index is 5640. The molecule has 1 saturated carbocycles. The Morgan fingerprint density at radius 2 is 1.42 bits per heavy atom. The van der Waals surface area contributed by atoms with E-state index in [2.05, 4.69) is 67.5 Å². The largest absolute Gasteiger partial charge is 0.460 e. The monoisotopic (exact) mass is 1950 g/mol. The number of aromatic nitrogens is 9. The molecule has 14 rings (SSSR count). The molecule has 5 aromatic heterocycles. The van der Waals surface area contributed by atoms with Crippen LogP contribution in [0.1, 0.15) is 171 Å². The number of piperidine rings is 1. The van der Waals surface area contributed by atoms with Crippen molar-refractivity contribution >= 4 is 98.9 Å². The Morgan fingerprint density at radius 3 is 2.15 bits per heavy atom. The summed E-state index contributed by atoms with van der Waals surface area (Å²) in [6.07, 6.45) is 17.9. The number of aliphatic hydroxyl groups is 2. The van der Waals surface area contributed by atoms with Gasteiger partial charge in [0.05, 0.1) is 75.1 Å². The minimum atomic E-state index is -2.50. The standard InChI is InChI=1S/C102H137N19O20/c1-62-16-12-11-13-17-63(2)82(133-8)52-76-24-19-68(7)102(132,141-76)92(127)96(129)120-31-15-14-18-78(120)97(130)138-83(53-79(122)64(3)47-67(6)90(126)91(135-10)89(125)66(5)46-62)65(4)48-69-21-25-81(84(50-69)134-9)140-101(131)110-56-71-54-106-99(107-55-71)118-39-37-116(38-40-118)85(123)28-43-137-45-41-115-33-35-117(36-34-115)100-108-57-75(58-109-100)95(128)105-30-44-136-42-29-86(124)119-32-27-72-49-70(20-22-74(72)60-119)59-121-94-87(93(103)111-61-112-94)88(114-121)73-23-26-80-77(51-73)113-98(104)139-80/h11-13,16-17,20,22-23,26,47,49,51,54-55,57-58,61-62,64-66,68-69,76,78,81-84,90-91,126,132H,14-15,18-19,21,24-25,27-46,48,50,52-53,56,59-60H2,1-10H3,(H2,104,113)(H,105,128)(H,110,131)(H2,103,111,112)/b13-11+,16-12+,63-17+,67-47+/t62-,64-,65-,66?,68-,69?,76+,78+,81-,82+,83+,84-,90-,91+,102-/m1/s1. The van der Waals surface area contributed by atoms with E-state index in [-0.39, 0.29) is 112 Å². The first kappa shape index (κ1) is 105. The minimum Gasteiger partial charge on any atom is -0.460 e. The Morgan fingerprint density at radius 1 is 0.695 bits per heavy atom. The fraction of sp³-hybridized carbons (Fsp3) is 0.578. The van der Waals surface area contributed by atoms with E-state index in [9.17, 15) is 53.4 Å². The van der Waals surface area contributed by atoms with Gasteiger partial charge in [0, 0.05) is 179 Å². The second-order valence-corrected chi connectivity index (χ2v) is 38.5. The number of nitrogens with one attached hydrogen (secondary N) is 2. The summed E-state index contributed by atoms with van der Waals surface area (Å²) in [5.74, 6) is -7.81. The Hall–Kier alpha value is -12.0. The third-order valence-electron chi connectivity index (χ3n) is 28.5. The lowest BCUT2D eigenvalue weighted by Gasteiger charge is -2.42. The molecule has 141 heavy (non-hydrogen) atoms. The fourth-order valence-electron chi connectivity index (χ4n) is 20.0. The number of fused-ring (bicyclic) bond motifs is 6. The van der Waals surface area contributed by atoms with Crippen molar-refractivity contribution in [3.63, 3.8) is 0 Å². The number of esters is 1. The van der Waals surface area contributed by atoms with Crippen LogP contribution in [0, 0.1) is 35.5 Å². The van der Waals surface area contributed by atoms with Crippen LogP contribution in [0.4, 0.5) is 28.5 Å². The summed E-state index contributed by atoms with van der Waals surface area (Å²) in [5.41, 5.74) is 20.8. The molecule has 2 unspecified atom stereocenters. The number of ketones is 3. The summed E-state index contributed by atoms with van der Waals surface area (Å²) < 4.78 is 55.2. The van der Waals surface area contributed by atoms with Gasteiger partial charge in [-0.2, -0.15) is 10.1 Å². The van der Waals surface area contributed by atoms with Gasteiger partial charge in [-0.3, -0.25) is 38.5 Å². The molecule has 1 aliphatic carbocycles. The summed E-state index contributed by atoms with van der Waals surface area (Å²) in [4.78, 5) is 168. The van der Waals surface area contributed by atoms with E-state index in [0.29, 0.717) is 205 Å². The molecule has 15 atom stereocenters. The molecule has 760 valence electrons. The average molecular weight is 1950 g/mol. The number of ether oxygens (including phenoxy) is 8. The van der Waals surface area contributed by atoms with Gasteiger partial charge in [-0.25, -0.2) is 44.2 Å². The predicted molar refractivity (Wildman–Crippen MR) is 523 cm³/mol. The highest BCUT2D eigenvalue weighted by Crippen LogP contribution is 2.40. The number of benzene rings is 2. The minimum absolute atomic E-state index is 0.00271. The molecule has 7 aliphatic rings. The van der Waals surface area contributed by atoms with Crippen molar-refractivity contribution in [1.82, 2.24) is 74.9 Å². The van der Waals surface area contributed by atoms with Gasteiger partial charge in [0.1, 0.15) is 59.6 Å². The first-order chi connectivity index (χ1) is 67.9. The lowest BCUT2D eigenvalue weighted by molar-refractivity contribution is -0.265. The van der Waals surface area contributed by atoms with Crippen molar-refractivity contribution in [2.24, 2.45) is 35.5 Å². The number of nitrogen functional groups attached to an aromatic ring is 2. The number of carbonyl (C=O) groups excluding carboxylic acids is 9. The predicted octanol–water partition coefficient (Wildman–Crippen LogP) is 8.45. The Kier molecular flexibility index (Phi) is 36.6. The zero-order valence-corrected chi connectivity index (χ0v) is 82.5. The zero-order valence-electron chi connectivity index (χ0n) is 82.5. The number of rotatable bonds is 27. The van der Waals surface area contributed by atoms with Crippen LogP contribution in [0.2, 0.25) is 0 Å². The molecule has 2 bridgehead atoms. The van der Waals surface area contributed by atoms with Crippen LogP contribution in [0.15, 0.2) is 120 Å². The van der Waals surface area contributed by atoms with Crippen LogP contribution < -0.4 is 31.9 Å². The molecule has 4 saturated heterocycles. The van der Waals surface area contributed by atoms with Crippen molar-refractivity contribution in [3.05, 3.63) is 143 Å². The van der Waals surface area contributed by atoms with E-state index in [1.54, 1.807) is 66.5 Å². The first-order valence-corrected chi connectivity index (χ1v) is 49.4.